The summed E-state index contributed by atoms with van der Waals surface area (Å²) in [6.07, 6.45) is -14.4. The molecule has 1 aromatic heterocycles. The van der Waals surface area contributed by atoms with Gasteiger partial charge in [0.2, 0.25) is 5.88 Å². The van der Waals surface area contributed by atoms with Crippen molar-refractivity contribution in [2.45, 2.75) is 25.4 Å². The van der Waals surface area contributed by atoms with Crippen molar-refractivity contribution in [1.82, 2.24) is 9.97 Å². The Labute approximate surface area is 117 Å². The van der Waals surface area contributed by atoms with Crippen molar-refractivity contribution in [2.75, 3.05) is 11.9 Å². The second-order valence-corrected chi connectivity index (χ2v) is 4.25. The Balaban J connectivity index is 3.10. The number of ether oxygens (including phenoxy) is 1. The molecule has 0 atom stereocenters. The lowest BCUT2D eigenvalue weighted by Crippen LogP contribution is -2.46. The molecule has 11 heteroatoms. The first kappa shape index (κ1) is 16.8. The molecule has 0 amide bonds. The number of nitrogens with one attached hydrogen (secondary N) is 1. The molecule has 1 heterocycles. The number of nitrogens with zero attached hydrogens (tertiary/aromatic N) is 2. The van der Waals surface area contributed by atoms with Crippen LogP contribution in [-0.2, 0) is 0 Å². The van der Waals surface area contributed by atoms with Crippen LogP contribution in [0.25, 0.3) is 0 Å². The van der Waals surface area contributed by atoms with Crippen LogP contribution in [0.15, 0.2) is 10.8 Å². The van der Waals surface area contributed by atoms with Crippen LogP contribution in [0, 0.1) is 0 Å². The first-order valence-electron chi connectivity index (χ1n) is 5.11. The lowest BCUT2D eigenvalue weighted by atomic mass is 10.3. The van der Waals surface area contributed by atoms with Crippen molar-refractivity contribution in [3.05, 3.63) is 10.8 Å². The third-order valence-corrected chi connectivity index (χ3v) is 2.64. The van der Waals surface area contributed by atoms with Gasteiger partial charge in [0.25, 0.3) is 6.10 Å². The van der Waals surface area contributed by atoms with Crippen LogP contribution in [0.4, 0.5) is 32.2 Å². The smallest absolute Gasteiger partial charge is 0.434 e. The Morgan fingerprint density at radius 3 is 2.20 bits per heavy atom. The Bertz CT molecular complexity index is 450. The molecular formula is C9H8BrF6N3O. The molecule has 1 aromatic rings. The van der Waals surface area contributed by atoms with Crippen LogP contribution in [0.2, 0.25) is 0 Å². The van der Waals surface area contributed by atoms with E-state index in [0.717, 1.165) is 6.33 Å². The molecule has 0 aliphatic rings. The van der Waals surface area contributed by atoms with Crippen LogP contribution in [-0.4, -0.2) is 35.0 Å². The lowest BCUT2D eigenvalue weighted by Gasteiger charge is -2.23. The number of alkyl halides is 6. The van der Waals surface area contributed by atoms with Gasteiger partial charge in [-0.25, -0.2) is 9.97 Å². The van der Waals surface area contributed by atoms with Crippen LogP contribution in [0.3, 0.4) is 0 Å². The zero-order valence-electron chi connectivity index (χ0n) is 9.81. The second-order valence-electron chi connectivity index (χ2n) is 3.45. The Kier molecular flexibility index (Phi) is 5.05. The van der Waals surface area contributed by atoms with Crippen LogP contribution >= 0.6 is 15.9 Å². The summed E-state index contributed by atoms with van der Waals surface area (Å²) in [5.74, 6) is -0.823. The molecule has 0 unspecified atom stereocenters. The number of hydrogen-bond acceptors (Lipinski definition) is 4. The van der Waals surface area contributed by atoms with E-state index >= 15 is 0 Å². The van der Waals surface area contributed by atoms with Gasteiger partial charge in [-0.1, -0.05) is 0 Å². The number of anilines is 1. The molecule has 0 aliphatic carbocycles. The van der Waals surface area contributed by atoms with Crippen molar-refractivity contribution in [3.63, 3.8) is 0 Å². The first-order valence-corrected chi connectivity index (χ1v) is 5.91. The minimum atomic E-state index is -5.61. The summed E-state index contributed by atoms with van der Waals surface area (Å²) in [6.45, 7) is 2.03. The average Bonchev–Trinajstić information content (AvgIpc) is 2.27. The third-order valence-electron chi connectivity index (χ3n) is 1.93. The molecule has 1 rings (SSSR count). The fraction of sp³-hybridized carbons (Fsp3) is 0.556. The highest BCUT2D eigenvalue weighted by Gasteiger charge is 2.59. The standard InChI is InChI=1S/C9H8BrF6N3O/c1-2-17-5-4(10)6(19-3-18-5)20-7(8(11,12)13)9(14,15)16/h3,7H,2H2,1H3,(H,17,18,19). The van der Waals surface area contributed by atoms with Crippen LogP contribution in [0.1, 0.15) is 6.92 Å². The van der Waals surface area contributed by atoms with Crippen molar-refractivity contribution in [1.29, 1.82) is 0 Å². The van der Waals surface area contributed by atoms with Gasteiger partial charge in [-0.05, 0) is 22.9 Å². The fourth-order valence-corrected chi connectivity index (χ4v) is 1.60. The van der Waals surface area contributed by atoms with E-state index in [0.29, 0.717) is 6.54 Å². The minimum Gasteiger partial charge on any atom is -0.454 e. The largest absolute Gasteiger partial charge is 0.454 e. The molecule has 1 N–H and O–H groups in total. The summed E-state index contributed by atoms with van der Waals surface area (Å²) in [6, 6.07) is 0. The maximum Gasteiger partial charge on any atom is 0.434 e. The zero-order chi connectivity index (χ0) is 15.6. The molecule has 0 saturated heterocycles. The Hall–Kier alpha value is -1.26. The summed E-state index contributed by atoms with van der Waals surface area (Å²) in [5, 5.41) is 2.63. The quantitative estimate of drug-likeness (QED) is 0.826. The molecule has 0 saturated carbocycles. The summed E-state index contributed by atoms with van der Waals surface area (Å²) in [4.78, 5) is 6.92. The predicted molar refractivity (Wildman–Crippen MR) is 60.4 cm³/mol. The maximum atomic E-state index is 12.4. The fourth-order valence-electron chi connectivity index (χ4n) is 1.16. The molecule has 0 aromatic carbocycles. The molecule has 0 bridgehead atoms. The van der Waals surface area contributed by atoms with Crippen molar-refractivity contribution < 1.29 is 31.1 Å². The Morgan fingerprint density at radius 1 is 1.20 bits per heavy atom. The molecule has 20 heavy (non-hydrogen) atoms. The second kappa shape index (κ2) is 6.02. The van der Waals surface area contributed by atoms with Gasteiger partial charge in [-0.15, -0.1) is 0 Å². The lowest BCUT2D eigenvalue weighted by molar-refractivity contribution is -0.300. The van der Waals surface area contributed by atoms with Crippen LogP contribution in [0.5, 0.6) is 5.88 Å². The summed E-state index contributed by atoms with van der Waals surface area (Å²) in [5.41, 5.74) is 0. The summed E-state index contributed by atoms with van der Waals surface area (Å²) >= 11 is 2.80. The number of aromatic nitrogens is 2. The monoisotopic (exact) mass is 367 g/mol. The highest BCUT2D eigenvalue weighted by Crippen LogP contribution is 2.38. The molecule has 0 aliphatic heterocycles. The van der Waals surface area contributed by atoms with E-state index in [4.69, 9.17) is 0 Å². The normalized spacial score (nSPS) is 12.7. The van der Waals surface area contributed by atoms with E-state index in [1.807, 2.05) is 0 Å². The molecule has 0 fully saturated rings. The SMILES string of the molecule is CCNc1ncnc(OC(C(F)(F)F)C(F)(F)F)c1Br. The van der Waals surface area contributed by atoms with Crippen molar-refractivity contribution >= 4 is 21.7 Å². The van der Waals surface area contributed by atoms with E-state index in [-0.39, 0.29) is 10.3 Å². The van der Waals surface area contributed by atoms with Gasteiger partial charge in [0, 0.05) is 6.54 Å². The average molecular weight is 368 g/mol. The van der Waals surface area contributed by atoms with Gasteiger partial charge in [0.05, 0.1) is 0 Å². The van der Waals surface area contributed by atoms with E-state index in [1.165, 1.54) is 0 Å². The highest BCUT2D eigenvalue weighted by atomic mass is 79.9. The summed E-state index contributed by atoms with van der Waals surface area (Å²) < 4.78 is 77.9. The van der Waals surface area contributed by atoms with Gasteiger partial charge in [-0.3, -0.25) is 0 Å². The molecular weight excluding hydrogens is 360 g/mol. The Morgan fingerprint density at radius 2 is 1.75 bits per heavy atom. The molecule has 4 nitrogen and oxygen atoms in total. The first-order chi connectivity index (χ1) is 9.07. The predicted octanol–water partition coefficient (Wildman–Crippen LogP) is 3.54. The molecule has 0 spiro atoms. The van der Waals surface area contributed by atoms with E-state index in [9.17, 15) is 26.3 Å². The zero-order valence-corrected chi connectivity index (χ0v) is 11.4. The maximum absolute atomic E-state index is 12.4. The molecule has 114 valence electrons. The van der Waals surface area contributed by atoms with E-state index in [1.54, 1.807) is 6.92 Å². The van der Waals surface area contributed by atoms with Gasteiger partial charge in [-0.2, -0.15) is 26.3 Å². The summed E-state index contributed by atoms with van der Waals surface area (Å²) in [7, 11) is 0. The van der Waals surface area contributed by atoms with Crippen LogP contribution < -0.4 is 10.1 Å². The van der Waals surface area contributed by atoms with Crippen molar-refractivity contribution in [3.8, 4) is 5.88 Å². The molecule has 0 radical (unpaired) electrons. The topological polar surface area (TPSA) is 47.0 Å². The number of halogens is 7. The van der Waals surface area contributed by atoms with E-state index < -0.39 is 24.3 Å². The van der Waals surface area contributed by atoms with Gasteiger partial charge in [0.1, 0.15) is 16.6 Å². The number of hydrogen-bond donors (Lipinski definition) is 1. The third kappa shape index (κ3) is 4.12. The van der Waals surface area contributed by atoms with Gasteiger partial charge >= 0.3 is 12.4 Å². The van der Waals surface area contributed by atoms with E-state index in [2.05, 4.69) is 36.0 Å². The highest BCUT2D eigenvalue weighted by molar-refractivity contribution is 9.10. The van der Waals surface area contributed by atoms with Gasteiger partial charge in [0.15, 0.2) is 0 Å². The van der Waals surface area contributed by atoms with Crippen molar-refractivity contribution in [2.24, 2.45) is 0 Å². The minimum absolute atomic E-state index is 0.0283. The number of rotatable bonds is 4. The van der Waals surface area contributed by atoms with Gasteiger partial charge < -0.3 is 10.1 Å².